The average molecular weight is 133 g/mol. The molecule has 1 aliphatic heterocycles. The van der Waals surface area contributed by atoms with Crippen LogP contribution in [0, 0.1) is 5.92 Å². The van der Waals surface area contributed by atoms with E-state index in [4.69, 9.17) is 5.11 Å². The molecule has 0 bridgehead atoms. The number of aliphatic hydroxyl groups is 1. The second-order valence-corrected chi connectivity index (χ2v) is 2.68. The average Bonchev–Trinajstić information content (AvgIpc) is 2.10. The standard InChI is InChI=1S/C6H12FNO/c1-8-2-5(4-9)6(7)3-8/h5-6,9H,2-4H2,1H3/t5-,6+/m1/s1. The van der Waals surface area contributed by atoms with Gasteiger partial charge in [0, 0.05) is 25.6 Å². The van der Waals surface area contributed by atoms with Crippen molar-refractivity contribution in [2.24, 2.45) is 5.92 Å². The third-order valence-electron chi connectivity index (χ3n) is 1.78. The number of hydrogen-bond acceptors (Lipinski definition) is 2. The topological polar surface area (TPSA) is 23.5 Å². The summed E-state index contributed by atoms with van der Waals surface area (Å²) in [7, 11) is 1.86. The first-order valence-electron chi connectivity index (χ1n) is 3.17. The highest BCUT2D eigenvalue weighted by molar-refractivity contribution is 4.81. The van der Waals surface area contributed by atoms with E-state index in [0.717, 1.165) is 0 Å². The molecule has 1 aliphatic rings. The first-order chi connectivity index (χ1) is 4.24. The van der Waals surface area contributed by atoms with Crippen LogP contribution in [-0.4, -0.2) is 42.9 Å². The quantitative estimate of drug-likeness (QED) is 0.539. The number of aliphatic hydroxyl groups excluding tert-OH is 1. The Kier molecular flexibility index (Phi) is 2.03. The Morgan fingerprint density at radius 2 is 2.33 bits per heavy atom. The third kappa shape index (κ3) is 1.40. The number of nitrogens with zero attached hydrogens (tertiary/aromatic N) is 1. The van der Waals surface area contributed by atoms with E-state index in [-0.39, 0.29) is 12.5 Å². The molecular formula is C6H12FNO. The minimum Gasteiger partial charge on any atom is -0.396 e. The van der Waals surface area contributed by atoms with Crippen LogP contribution in [0.1, 0.15) is 0 Å². The molecule has 0 aromatic rings. The van der Waals surface area contributed by atoms with Gasteiger partial charge in [-0.15, -0.1) is 0 Å². The summed E-state index contributed by atoms with van der Waals surface area (Å²) < 4.78 is 12.6. The van der Waals surface area contributed by atoms with Crippen molar-refractivity contribution in [2.75, 3.05) is 26.7 Å². The molecule has 1 heterocycles. The molecule has 1 fully saturated rings. The zero-order valence-corrected chi connectivity index (χ0v) is 5.55. The summed E-state index contributed by atoms with van der Waals surface area (Å²) in [5, 5.41) is 8.59. The van der Waals surface area contributed by atoms with Crippen molar-refractivity contribution >= 4 is 0 Å². The summed E-state index contributed by atoms with van der Waals surface area (Å²) in [6.07, 6.45) is -0.819. The Labute approximate surface area is 54.3 Å². The van der Waals surface area contributed by atoms with Crippen molar-refractivity contribution in [3.05, 3.63) is 0 Å². The second-order valence-electron chi connectivity index (χ2n) is 2.68. The van der Waals surface area contributed by atoms with Crippen molar-refractivity contribution < 1.29 is 9.50 Å². The molecule has 0 radical (unpaired) electrons. The molecular weight excluding hydrogens is 121 g/mol. The predicted octanol–water partition coefficient (Wildman–Crippen LogP) is -0.122. The van der Waals surface area contributed by atoms with Crippen LogP contribution in [0.3, 0.4) is 0 Å². The summed E-state index contributed by atoms with van der Waals surface area (Å²) in [6.45, 7) is 1.15. The normalized spacial score (nSPS) is 37.7. The van der Waals surface area contributed by atoms with E-state index in [2.05, 4.69) is 0 Å². The van der Waals surface area contributed by atoms with Gasteiger partial charge in [0.2, 0.25) is 0 Å². The number of alkyl halides is 1. The lowest BCUT2D eigenvalue weighted by molar-refractivity contribution is 0.174. The van der Waals surface area contributed by atoms with E-state index >= 15 is 0 Å². The Morgan fingerprint density at radius 3 is 2.56 bits per heavy atom. The van der Waals surface area contributed by atoms with Crippen LogP contribution in [-0.2, 0) is 0 Å². The lowest BCUT2D eigenvalue weighted by atomic mass is 10.1. The van der Waals surface area contributed by atoms with Crippen molar-refractivity contribution in [3.8, 4) is 0 Å². The maximum atomic E-state index is 12.6. The van der Waals surface area contributed by atoms with Crippen LogP contribution < -0.4 is 0 Å². The molecule has 3 heteroatoms. The maximum absolute atomic E-state index is 12.6. The molecule has 0 amide bonds. The zero-order chi connectivity index (χ0) is 6.85. The van der Waals surface area contributed by atoms with E-state index in [1.807, 2.05) is 11.9 Å². The summed E-state index contributed by atoms with van der Waals surface area (Å²) in [4.78, 5) is 1.89. The Morgan fingerprint density at radius 1 is 1.67 bits per heavy atom. The molecule has 9 heavy (non-hydrogen) atoms. The van der Waals surface area contributed by atoms with E-state index < -0.39 is 6.17 Å². The molecule has 0 aromatic heterocycles. The minimum atomic E-state index is -0.819. The van der Waals surface area contributed by atoms with Crippen molar-refractivity contribution in [1.82, 2.24) is 4.90 Å². The van der Waals surface area contributed by atoms with Crippen molar-refractivity contribution in [2.45, 2.75) is 6.17 Å². The number of hydrogen-bond donors (Lipinski definition) is 1. The van der Waals surface area contributed by atoms with Gasteiger partial charge in [0.15, 0.2) is 0 Å². The highest BCUT2D eigenvalue weighted by atomic mass is 19.1. The van der Waals surface area contributed by atoms with Crippen molar-refractivity contribution in [3.63, 3.8) is 0 Å². The van der Waals surface area contributed by atoms with E-state index in [0.29, 0.717) is 13.1 Å². The zero-order valence-electron chi connectivity index (χ0n) is 5.55. The van der Waals surface area contributed by atoms with Crippen LogP contribution in [0.15, 0.2) is 0 Å². The summed E-state index contributed by atoms with van der Waals surface area (Å²) in [5.74, 6) is -0.144. The SMILES string of the molecule is CN1C[C@H](CO)[C@@H](F)C1. The van der Waals surface area contributed by atoms with Crippen LogP contribution in [0.2, 0.25) is 0 Å². The van der Waals surface area contributed by atoms with Gasteiger partial charge < -0.3 is 10.0 Å². The fourth-order valence-corrected chi connectivity index (χ4v) is 1.21. The van der Waals surface area contributed by atoms with Crippen LogP contribution in [0.25, 0.3) is 0 Å². The third-order valence-corrected chi connectivity index (χ3v) is 1.78. The first-order valence-corrected chi connectivity index (χ1v) is 3.17. The van der Waals surface area contributed by atoms with Gasteiger partial charge in [0.25, 0.3) is 0 Å². The van der Waals surface area contributed by atoms with Crippen LogP contribution in [0.5, 0.6) is 0 Å². The van der Waals surface area contributed by atoms with Gasteiger partial charge in [-0.1, -0.05) is 0 Å². The van der Waals surface area contributed by atoms with E-state index in [1.165, 1.54) is 0 Å². The minimum absolute atomic E-state index is 0.0223. The lowest BCUT2D eigenvalue weighted by Crippen LogP contribution is -2.16. The molecule has 0 spiro atoms. The molecule has 0 aromatic carbocycles. The van der Waals surface area contributed by atoms with Gasteiger partial charge in [-0.2, -0.15) is 0 Å². The lowest BCUT2D eigenvalue weighted by Gasteiger charge is -2.05. The summed E-state index contributed by atoms with van der Waals surface area (Å²) in [5.41, 5.74) is 0. The molecule has 0 saturated carbocycles. The van der Waals surface area contributed by atoms with Crippen LogP contribution in [0.4, 0.5) is 4.39 Å². The number of likely N-dealkylation sites (tertiary alicyclic amines) is 1. The molecule has 0 unspecified atom stereocenters. The van der Waals surface area contributed by atoms with Gasteiger partial charge in [-0.05, 0) is 7.05 Å². The fourth-order valence-electron chi connectivity index (χ4n) is 1.21. The van der Waals surface area contributed by atoms with Crippen molar-refractivity contribution in [1.29, 1.82) is 0 Å². The van der Waals surface area contributed by atoms with Gasteiger partial charge in [0.05, 0.1) is 0 Å². The molecule has 0 aliphatic carbocycles. The Bertz CT molecular complexity index is 99.1. The maximum Gasteiger partial charge on any atom is 0.119 e. The highest BCUT2D eigenvalue weighted by Gasteiger charge is 2.29. The van der Waals surface area contributed by atoms with Crippen LogP contribution >= 0.6 is 0 Å². The Hall–Kier alpha value is -0.150. The largest absolute Gasteiger partial charge is 0.396 e. The van der Waals surface area contributed by atoms with Gasteiger partial charge in [0.1, 0.15) is 6.17 Å². The first kappa shape index (κ1) is 6.96. The molecule has 54 valence electrons. The number of halogens is 1. The van der Waals surface area contributed by atoms with Gasteiger partial charge in [-0.25, -0.2) is 4.39 Å². The fraction of sp³-hybridized carbons (Fsp3) is 1.00. The van der Waals surface area contributed by atoms with Gasteiger partial charge >= 0.3 is 0 Å². The monoisotopic (exact) mass is 133 g/mol. The highest BCUT2D eigenvalue weighted by Crippen LogP contribution is 2.17. The molecule has 1 N–H and O–H groups in total. The summed E-state index contributed by atoms with van der Waals surface area (Å²) >= 11 is 0. The molecule has 2 atom stereocenters. The smallest absolute Gasteiger partial charge is 0.119 e. The Balaban J connectivity index is 2.38. The van der Waals surface area contributed by atoms with E-state index in [9.17, 15) is 4.39 Å². The number of rotatable bonds is 1. The predicted molar refractivity (Wildman–Crippen MR) is 33.0 cm³/mol. The summed E-state index contributed by atoms with van der Waals surface area (Å²) in [6, 6.07) is 0. The van der Waals surface area contributed by atoms with Gasteiger partial charge in [-0.3, -0.25) is 0 Å². The second kappa shape index (κ2) is 2.62. The molecule has 1 rings (SSSR count). The molecule has 2 nitrogen and oxygen atoms in total. The molecule has 1 saturated heterocycles. The van der Waals surface area contributed by atoms with E-state index in [1.54, 1.807) is 0 Å².